The maximum atomic E-state index is 12.5. The van der Waals surface area contributed by atoms with Gasteiger partial charge in [-0.2, -0.15) is 0 Å². The van der Waals surface area contributed by atoms with Crippen LogP contribution < -0.4 is 20.5 Å². The van der Waals surface area contributed by atoms with E-state index >= 15 is 0 Å². The minimum absolute atomic E-state index is 0.0977. The van der Waals surface area contributed by atoms with Crippen LogP contribution in [0.25, 0.3) is 0 Å². The maximum Gasteiger partial charge on any atom is 0.269 e. The van der Waals surface area contributed by atoms with Gasteiger partial charge in [0.1, 0.15) is 16.7 Å². The van der Waals surface area contributed by atoms with Crippen molar-refractivity contribution >= 4 is 29.1 Å². The molecule has 1 aromatic heterocycles. The van der Waals surface area contributed by atoms with E-state index in [1.54, 1.807) is 12.1 Å². The number of anilines is 1. The molecule has 1 aromatic carbocycles. The van der Waals surface area contributed by atoms with Gasteiger partial charge in [0.2, 0.25) is 0 Å². The molecule has 0 saturated carbocycles. The quantitative estimate of drug-likeness (QED) is 0.807. The highest BCUT2D eigenvalue weighted by molar-refractivity contribution is 6.29. The van der Waals surface area contributed by atoms with E-state index in [1.807, 2.05) is 6.92 Å². The van der Waals surface area contributed by atoms with Gasteiger partial charge >= 0.3 is 0 Å². The van der Waals surface area contributed by atoms with Gasteiger partial charge in [0, 0.05) is 11.1 Å². The van der Waals surface area contributed by atoms with Crippen LogP contribution in [0.1, 0.15) is 26.4 Å². The van der Waals surface area contributed by atoms with E-state index in [0.29, 0.717) is 17.1 Å². The van der Waals surface area contributed by atoms with E-state index in [2.05, 4.69) is 10.3 Å². The monoisotopic (exact) mass is 349 g/mol. The molecule has 126 valence electrons. The van der Waals surface area contributed by atoms with Crippen LogP contribution in [0, 0.1) is 6.92 Å². The summed E-state index contributed by atoms with van der Waals surface area (Å²) in [6, 6.07) is 6.04. The van der Waals surface area contributed by atoms with Crippen LogP contribution in [0.15, 0.2) is 24.3 Å². The van der Waals surface area contributed by atoms with Crippen LogP contribution in [0.3, 0.4) is 0 Å². The molecule has 7 nitrogen and oxygen atoms in total. The number of benzene rings is 1. The predicted octanol–water partition coefficient (Wildman–Crippen LogP) is 2.41. The zero-order chi connectivity index (χ0) is 17.9. The molecule has 0 aliphatic heterocycles. The number of nitrogens with one attached hydrogen (secondary N) is 1. The molecule has 8 heteroatoms. The SMILES string of the molecule is COc1cc(C(=O)Nc2ccc(Cl)nc2C(N)=O)cc(OC)c1C. The van der Waals surface area contributed by atoms with Crippen LogP contribution in [0.5, 0.6) is 11.5 Å². The molecule has 0 spiro atoms. The summed E-state index contributed by atoms with van der Waals surface area (Å²) in [5.74, 6) is -0.266. The molecule has 0 aliphatic rings. The van der Waals surface area contributed by atoms with Crippen LogP contribution in [0.2, 0.25) is 5.15 Å². The Bertz CT molecular complexity index is 783. The first-order chi connectivity index (χ1) is 11.4. The van der Waals surface area contributed by atoms with Gasteiger partial charge in [-0.1, -0.05) is 11.6 Å². The fraction of sp³-hybridized carbons (Fsp3) is 0.188. The lowest BCUT2D eigenvalue weighted by Crippen LogP contribution is -2.20. The van der Waals surface area contributed by atoms with Crippen LogP contribution >= 0.6 is 11.6 Å². The van der Waals surface area contributed by atoms with Crippen molar-refractivity contribution in [1.82, 2.24) is 4.98 Å². The Kier molecular flexibility index (Phi) is 5.25. The number of halogens is 1. The summed E-state index contributed by atoms with van der Waals surface area (Å²) in [6.45, 7) is 1.81. The zero-order valence-electron chi connectivity index (χ0n) is 13.3. The lowest BCUT2D eigenvalue weighted by atomic mass is 10.1. The summed E-state index contributed by atoms with van der Waals surface area (Å²) in [4.78, 5) is 27.8. The zero-order valence-corrected chi connectivity index (χ0v) is 14.1. The van der Waals surface area contributed by atoms with Gasteiger partial charge in [0.05, 0.1) is 19.9 Å². The highest BCUT2D eigenvalue weighted by Gasteiger charge is 2.17. The molecule has 0 aliphatic carbocycles. The largest absolute Gasteiger partial charge is 0.496 e. The molecule has 0 radical (unpaired) electrons. The van der Waals surface area contributed by atoms with Gasteiger partial charge in [-0.05, 0) is 31.2 Å². The smallest absolute Gasteiger partial charge is 0.269 e. The predicted molar refractivity (Wildman–Crippen MR) is 90.0 cm³/mol. The summed E-state index contributed by atoms with van der Waals surface area (Å²) in [7, 11) is 3.00. The number of nitrogens with two attached hydrogens (primary N) is 1. The number of ether oxygens (including phenoxy) is 2. The second-order valence-electron chi connectivity index (χ2n) is 4.85. The van der Waals surface area contributed by atoms with Crippen molar-refractivity contribution in [2.45, 2.75) is 6.92 Å². The molecule has 1 heterocycles. The topological polar surface area (TPSA) is 104 Å². The Morgan fingerprint density at radius 1 is 1.17 bits per heavy atom. The minimum Gasteiger partial charge on any atom is -0.496 e. The van der Waals surface area contributed by atoms with Crippen molar-refractivity contribution < 1.29 is 19.1 Å². The summed E-state index contributed by atoms with van der Waals surface area (Å²) >= 11 is 5.75. The van der Waals surface area contributed by atoms with Crippen LogP contribution in [-0.2, 0) is 0 Å². The Labute approximate surface area is 143 Å². The van der Waals surface area contributed by atoms with Gasteiger partial charge in [0.25, 0.3) is 11.8 Å². The summed E-state index contributed by atoms with van der Waals surface area (Å²) in [5.41, 5.74) is 6.35. The average molecular weight is 350 g/mol. The number of primary amides is 1. The van der Waals surface area contributed by atoms with E-state index in [4.69, 9.17) is 26.8 Å². The van der Waals surface area contributed by atoms with Crippen molar-refractivity contribution in [2.24, 2.45) is 5.73 Å². The average Bonchev–Trinajstić information content (AvgIpc) is 2.56. The molecule has 0 atom stereocenters. The number of amides is 2. The third-order valence-electron chi connectivity index (χ3n) is 3.36. The van der Waals surface area contributed by atoms with E-state index in [9.17, 15) is 9.59 Å². The first-order valence-corrected chi connectivity index (χ1v) is 7.25. The molecule has 3 N–H and O–H groups in total. The second kappa shape index (κ2) is 7.18. The number of hydrogen-bond donors (Lipinski definition) is 2. The van der Waals surface area contributed by atoms with Crippen molar-refractivity contribution in [3.8, 4) is 11.5 Å². The Morgan fingerprint density at radius 3 is 2.25 bits per heavy atom. The van der Waals surface area contributed by atoms with Crippen LogP contribution in [0.4, 0.5) is 5.69 Å². The number of aromatic nitrogens is 1. The van der Waals surface area contributed by atoms with Crippen molar-refractivity contribution in [3.05, 3.63) is 46.2 Å². The minimum atomic E-state index is -0.799. The van der Waals surface area contributed by atoms with E-state index in [0.717, 1.165) is 5.56 Å². The molecule has 0 fully saturated rings. The molecule has 2 aromatic rings. The molecule has 2 rings (SSSR count). The molecular formula is C16H16ClN3O4. The highest BCUT2D eigenvalue weighted by atomic mass is 35.5. The summed E-state index contributed by atoms with van der Waals surface area (Å²) in [5, 5.41) is 2.68. The first-order valence-electron chi connectivity index (χ1n) is 6.87. The fourth-order valence-electron chi connectivity index (χ4n) is 2.14. The third-order valence-corrected chi connectivity index (χ3v) is 3.57. The first kappa shape index (κ1) is 17.6. The number of carbonyl (C=O) groups is 2. The molecular weight excluding hydrogens is 334 g/mol. The Hall–Kier alpha value is -2.80. The van der Waals surface area contributed by atoms with Gasteiger partial charge < -0.3 is 20.5 Å². The number of carbonyl (C=O) groups excluding carboxylic acids is 2. The number of methoxy groups -OCH3 is 2. The van der Waals surface area contributed by atoms with E-state index < -0.39 is 11.8 Å². The third kappa shape index (κ3) is 3.57. The molecule has 0 saturated heterocycles. The van der Waals surface area contributed by atoms with Gasteiger partial charge in [-0.3, -0.25) is 9.59 Å². The van der Waals surface area contributed by atoms with E-state index in [1.165, 1.54) is 26.4 Å². The maximum absolute atomic E-state index is 12.5. The van der Waals surface area contributed by atoms with Crippen molar-refractivity contribution in [3.63, 3.8) is 0 Å². The van der Waals surface area contributed by atoms with Gasteiger partial charge in [-0.15, -0.1) is 0 Å². The number of nitrogens with zero attached hydrogens (tertiary/aromatic N) is 1. The Balaban J connectivity index is 2.39. The molecule has 2 amide bonds. The molecule has 0 unspecified atom stereocenters. The van der Waals surface area contributed by atoms with Gasteiger partial charge in [0.15, 0.2) is 5.69 Å². The molecule has 24 heavy (non-hydrogen) atoms. The van der Waals surface area contributed by atoms with Crippen molar-refractivity contribution in [1.29, 1.82) is 0 Å². The Morgan fingerprint density at radius 2 is 1.75 bits per heavy atom. The molecule has 0 bridgehead atoms. The standard InChI is InChI=1S/C16H16ClN3O4/c1-8-11(23-2)6-9(7-12(8)24-3)16(22)19-10-4-5-13(17)20-14(10)15(18)21/h4-7H,1-3H3,(H2,18,21)(H,19,22). The fourth-order valence-corrected chi connectivity index (χ4v) is 2.28. The normalized spacial score (nSPS) is 10.2. The lowest BCUT2D eigenvalue weighted by molar-refractivity contribution is 0.0996. The van der Waals surface area contributed by atoms with Crippen LogP contribution in [-0.4, -0.2) is 31.0 Å². The second-order valence-corrected chi connectivity index (χ2v) is 5.24. The number of hydrogen-bond acceptors (Lipinski definition) is 5. The van der Waals surface area contributed by atoms with Gasteiger partial charge in [-0.25, -0.2) is 4.98 Å². The lowest BCUT2D eigenvalue weighted by Gasteiger charge is -2.13. The number of pyridine rings is 1. The summed E-state index contributed by atoms with van der Waals surface area (Å²) in [6.07, 6.45) is 0. The van der Waals surface area contributed by atoms with Crippen molar-refractivity contribution in [2.75, 3.05) is 19.5 Å². The summed E-state index contributed by atoms with van der Waals surface area (Å²) < 4.78 is 10.5. The highest BCUT2D eigenvalue weighted by Crippen LogP contribution is 2.30. The number of rotatable bonds is 5. The van der Waals surface area contributed by atoms with E-state index in [-0.39, 0.29) is 16.5 Å².